The molecule has 1 N–H and O–H groups in total. The van der Waals surface area contributed by atoms with Crippen molar-refractivity contribution < 1.29 is 9.90 Å². The molecule has 0 saturated carbocycles. The third-order valence-corrected chi connectivity index (χ3v) is 2.80. The van der Waals surface area contributed by atoms with Crippen LogP contribution in [-0.4, -0.2) is 28.6 Å². The number of aliphatic carboxylic acids is 1. The van der Waals surface area contributed by atoms with Gasteiger partial charge in [0, 0.05) is 24.9 Å². The van der Waals surface area contributed by atoms with Crippen LogP contribution in [0.3, 0.4) is 0 Å². The van der Waals surface area contributed by atoms with E-state index in [1.165, 1.54) is 31.8 Å². The molecule has 0 radical (unpaired) electrons. The van der Waals surface area contributed by atoms with E-state index in [-0.39, 0.29) is 0 Å². The number of hydrogen-bond donors (Lipinski definition) is 1. The fraction of sp³-hybridized carbons (Fsp3) is 0.727. The molecule has 1 aliphatic heterocycles. The second kappa shape index (κ2) is 5.68. The van der Waals surface area contributed by atoms with Crippen molar-refractivity contribution >= 4 is 5.97 Å². The Kier molecular flexibility index (Phi) is 4.50. The quantitative estimate of drug-likeness (QED) is 0.705. The molecule has 0 aliphatic carbocycles. The predicted octanol–water partition coefficient (Wildman–Crippen LogP) is 2.24. The van der Waals surface area contributed by atoms with Gasteiger partial charge in [-0.15, -0.1) is 0 Å². The van der Waals surface area contributed by atoms with Gasteiger partial charge in [-0.2, -0.15) is 0 Å². The first-order valence-electron chi connectivity index (χ1n) is 5.41. The van der Waals surface area contributed by atoms with Crippen LogP contribution in [0.15, 0.2) is 12.3 Å². The second-order valence-corrected chi connectivity index (χ2v) is 3.80. The summed E-state index contributed by atoms with van der Waals surface area (Å²) in [4.78, 5) is 12.6. The SMILES string of the molecule is CCC1CCCCCN1/C=C/C(=O)O. The topological polar surface area (TPSA) is 40.5 Å². The molecule has 1 fully saturated rings. The predicted molar refractivity (Wildman–Crippen MR) is 56.0 cm³/mol. The Morgan fingerprint density at radius 1 is 1.50 bits per heavy atom. The molecular weight excluding hydrogens is 178 g/mol. The van der Waals surface area contributed by atoms with Crippen molar-refractivity contribution in [2.75, 3.05) is 6.54 Å². The zero-order valence-electron chi connectivity index (χ0n) is 8.78. The highest BCUT2D eigenvalue weighted by atomic mass is 16.4. The summed E-state index contributed by atoms with van der Waals surface area (Å²) in [5.74, 6) is -0.857. The van der Waals surface area contributed by atoms with Gasteiger partial charge < -0.3 is 10.0 Å². The molecule has 1 aliphatic rings. The van der Waals surface area contributed by atoms with Crippen molar-refractivity contribution in [3.63, 3.8) is 0 Å². The van der Waals surface area contributed by atoms with Gasteiger partial charge >= 0.3 is 5.97 Å². The van der Waals surface area contributed by atoms with Crippen LogP contribution in [0.1, 0.15) is 39.0 Å². The van der Waals surface area contributed by atoms with E-state index in [9.17, 15) is 4.79 Å². The van der Waals surface area contributed by atoms with E-state index in [0.29, 0.717) is 6.04 Å². The minimum atomic E-state index is -0.857. The third-order valence-electron chi connectivity index (χ3n) is 2.80. The van der Waals surface area contributed by atoms with Crippen molar-refractivity contribution in [2.24, 2.45) is 0 Å². The standard InChI is InChI=1S/C11H19NO2/c1-2-10-6-4-3-5-8-12(10)9-7-11(13)14/h7,9-10H,2-6,8H2,1H3,(H,13,14)/b9-7+. The van der Waals surface area contributed by atoms with Crippen LogP contribution in [0.2, 0.25) is 0 Å². The van der Waals surface area contributed by atoms with Crippen molar-refractivity contribution in [2.45, 2.75) is 45.1 Å². The van der Waals surface area contributed by atoms with E-state index in [0.717, 1.165) is 13.0 Å². The molecule has 0 aromatic carbocycles. The maximum Gasteiger partial charge on any atom is 0.329 e. The molecule has 14 heavy (non-hydrogen) atoms. The van der Waals surface area contributed by atoms with E-state index in [4.69, 9.17) is 5.11 Å². The first-order chi connectivity index (χ1) is 6.74. The summed E-state index contributed by atoms with van der Waals surface area (Å²) in [7, 11) is 0. The molecule has 80 valence electrons. The molecule has 1 unspecified atom stereocenters. The average Bonchev–Trinajstić information content (AvgIpc) is 2.38. The number of hydrogen-bond acceptors (Lipinski definition) is 2. The Hall–Kier alpha value is -0.990. The van der Waals surface area contributed by atoms with Gasteiger partial charge in [0.25, 0.3) is 0 Å². The van der Waals surface area contributed by atoms with E-state index >= 15 is 0 Å². The molecule has 1 atom stereocenters. The largest absolute Gasteiger partial charge is 0.478 e. The van der Waals surface area contributed by atoms with Gasteiger partial charge in [-0.3, -0.25) is 0 Å². The average molecular weight is 197 g/mol. The highest BCUT2D eigenvalue weighted by molar-refractivity contribution is 5.79. The lowest BCUT2D eigenvalue weighted by Gasteiger charge is -2.27. The first kappa shape index (κ1) is 11.1. The lowest BCUT2D eigenvalue weighted by molar-refractivity contribution is -0.131. The smallest absolute Gasteiger partial charge is 0.329 e. The van der Waals surface area contributed by atoms with E-state index in [1.807, 2.05) is 0 Å². The molecule has 0 amide bonds. The lowest BCUT2D eigenvalue weighted by atomic mass is 10.1. The minimum Gasteiger partial charge on any atom is -0.478 e. The van der Waals surface area contributed by atoms with Crippen LogP contribution in [0.4, 0.5) is 0 Å². The van der Waals surface area contributed by atoms with Crippen LogP contribution < -0.4 is 0 Å². The van der Waals surface area contributed by atoms with E-state index < -0.39 is 5.97 Å². The number of carboxylic acid groups (broad SMARTS) is 1. The van der Waals surface area contributed by atoms with Gasteiger partial charge in [0.05, 0.1) is 0 Å². The van der Waals surface area contributed by atoms with Crippen LogP contribution in [0.5, 0.6) is 0 Å². The van der Waals surface area contributed by atoms with Gasteiger partial charge in [0.2, 0.25) is 0 Å². The third kappa shape index (κ3) is 3.40. The molecule has 0 bridgehead atoms. The molecule has 0 aromatic rings. The fourth-order valence-corrected chi connectivity index (χ4v) is 1.99. The Bertz CT molecular complexity index is 213. The molecule has 0 spiro atoms. The summed E-state index contributed by atoms with van der Waals surface area (Å²) >= 11 is 0. The summed E-state index contributed by atoms with van der Waals surface area (Å²) in [5, 5.41) is 8.56. The zero-order valence-corrected chi connectivity index (χ0v) is 8.78. The van der Waals surface area contributed by atoms with Gasteiger partial charge in [-0.25, -0.2) is 4.79 Å². The van der Waals surface area contributed by atoms with Gasteiger partial charge in [-0.05, 0) is 19.3 Å². The number of carboxylic acids is 1. The van der Waals surface area contributed by atoms with Crippen LogP contribution in [0, 0.1) is 0 Å². The number of carbonyl (C=O) groups is 1. The number of nitrogens with zero attached hydrogens (tertiary/aromatic N) is 1. The van der Waals surface area contributed by atoms with Gasteiger partial charge in [-0.1, -0.05) is 19.8 Å². The minimum absolute atomic E-state index is 0.535. The second-order valence-electron chi connectivity index (χ2n) is 3.80. The summed E-state index contributed by atoms with van der Waals surface area (Å²) in [6.45, 7) is 3.17. The Morgan fingerprint density at radius 3 is 2.93 bits per heavy atom. The molecule has 0 aromatic heterocycles. The molecule has 3 nitrogen and oxygen atoms in total. The molecule has 1 heterocycles. The molecule has 3 heteroatoms. The van der Waals surface area contributed by atoms with Crippen LogP contribution in [-0.2, 0) is 4.79 Å². The first-order valence-corrected chi connectivity index (χ1v) is 5.41. The number of rotatable bonds is 3. The monoisotopic (exact) mass is 197 g/mol. The summed E-state index contributed by atoms with van der Waals surface area (Å²) < 4.78 is 0. The van der Waals surface area contributed by atoms with Gasteiger partial charge in [0.1, 0.15) is 0 Å². The normalized spacial score (nSPS) is 23.8. The summed E-state index contributed by atoms with van der Waals surface area (Å²) in [6, 6.07) is 0.535. The summed E-state index contributed by atoms with van der Waals surface area (Å²) in [5.41, 5.74) is 0. The van der Waals surface area contributed by atoms with E-state index in [1.54, 1.807) is 6.20 Å². The summed E-state index contributed by atoms with van der Waals surface area (Å²) in [6.07, 6.45) is 9.00. The van der Waals surface area contributed by atoms with Gasteiger partial charge in [0.15, 0.2) is 0 Å². The zero-order chi connectivity index (χ0) is 10.4. The molecule has 1 rings (SSSR count). The molecular formula is C11H19NO2. The van der Waals surface area contributed by atoms with E-state index in [2.05, 4.69) is 11.8 Å². The van der Waals surface area contributed by atoms with Crippen LogP contribution >= 0.6 is 0 Å². The Labute approximate surface area is 85.4 Å². The Morgan fingerprint density at radius 2 is 2.29 bits per heavy atom. The molecule has 1 saturated heterocycles. The highest BCUT2D eigenvalue weighted by Crippen LogP contribution is 2.19. The Balaban J connectivity index is 2.56. The maximum absolute atomic E-state index is 10.4. The van der Waals surface area contributed by atoms with Crippen molar-refractivity contribution in [3.05, 3.63) is 12.3 Å². The van der Waals surface area contributed by atoms with Crippen molar-refractivity contribution in [1.29, 1.82) is 0 Å². The highest BCUT2D eigenvalue weighted by Gasteiger charge is 2.15. The lowest BCUT2D eigenvalue weighted by Crippen LogP contribution is -2.29. The van der Waals surface area contributed by atoms with Crippen molar-refractivity contribution in [3.8, 4) is 0 Å². The van der Waals surface area contributed by atoms with Crippen molar-refractivity contribution in [1.82, 2.24) is 4.90 Å². The van der Waals surface area contributed by atoms with Crippen LogP contribution in [0.25, 0.3) is 0 Å². The number of likely N-dealkylation sites (tertiary alicyclic amines) is 1. The maximum atomic E-state index is 10.4. The fourth-order valence-electron chi connectivity index (χ4n) is 1.99.